The summed E-state index contributed by atoms with van der Waals surface area (Å²) in [7, 11) is 0. The van der Waals surface area contributed by atoms with Gasteiger partial charge < -0.3 is 0 Å². The number of nitrogens with zero attached hydrogens (tertiary/aromatic N) is 2. The molecule has 2 nitrogen and oxygen atoms in total. The number of rotatable bonds is 1. The first-order chi connectivity index (χ1) is 5.90. The minimum Gasteiger partial charge on any atom is -0.224 e. The number of nitriles is 1. The zero-order valence-corrected chi connectivity index (χ0v) is 7.65. The van der Waals surface area contributed by atoms with Crippen LogP contribution in [0.5, 0.6) is 0 Å². The van der Waals surface area contributed by atoms with Crippen LogP contribution in [0.4, 0.5) is 0 Å². The second-order valence-corrected chi connectivity index (χ2v) is 3.93. The molecule has 0 aliphatic rings. The van der Waals surface area contributed by atoms with Gasteiger partial charge in [0.25, 0.3) is 0 Å². The highest BCUT2D eigenvalue weighted by Crippen LogP contribution is 2.27. The molecule has 0 aliphatic heterocycles. The highest BCUT2D eigenvalue weighted by Gasteiger charge is 2.03. The van der Waals surface area contributed by atoms with Gasteiger partial charge in [0.05, 0.1) is 4.88 Å². The standard InChI is InChI=1S/C8H4N2S2/c9-4-6-5-12-8(10-6)7-2-1-3-11-7/h1-3,5H. The molecule has 0 saturated carbocycles. The Hall–Kier alpha value is -1.18. The van der Waals surface area contributed by atoms with Crippen LogP contribution in [0.1, 0.15) is 5.69 Å². The van der Waals surface area contributed by atoms with E-state index in [1.165, 1.54) is 11.3 Å². The Labute approximate surface area is 77.7 Å². The van der Waals surface area contributed by atoms with Gasteiger partial charge in [-0.25, -0.2) is 4.98 Å². The molecule has 0 radical (unpaired) electrons. The third-order valence-electron chi connectivity index (χ3n) is 1.35. The predicted molar refractivity (Wildman–Crippen MR) is 50.1 cm³/mol. The van der Waals surface area contributed by atoms with Crippen LogP contribution in [0.25, 0.3) is 9.88 Å². The van der Waals surface area contributed by atoms with Crippen molar-refractivity contribution in [3.8, 4) is 16.0 Å². The molecule has 0 bridgehead atoms. The van der Waals surface area contributed by atoms with E-state index in [0.29, 0.717) is 5.69 Å². The van der Waals surface area contributed by atoms with Gasteiger partial charge in [0.1, 0.15) is 11.1 Å². The monoisotopic (exact) mass is 192 g/mol. The van der Waals surface area contributed by atoms with Crippen molar-refractivity contribution in [2.45, 2.75) is 0 Å². The first-order valence-electron chi connectivity index (χ1n) is 3.29. The zero-order chi connectivity index (χ0) is 8.39. The maximum Gasteiger partial charge on any atom is 0.152 e. The molecule has 0 amide bonds. The summed E-state index contributed by atoms with van der Waals surface area (Å²) in [5, 5.41) is 13.3. The second kappa shape index (κ2) is 3.05. The molecule has 2 heterocycles. The van der Waals surface area contributed by atoms with E-state index in [1.54, 1.807) is 16.7 Å². The van der Waals surface area contributed by atoms with E-state index in [9.17, 15) is 0 Å². The fraction of sp³-hybridized carbons (Fsp3) is 0. The van der Waals surface area contributed by atoms with Crippen LogP contribution in [-0.2, 0) is 0 Å². The van der Waals surface area contributed by atoms with Crippen LogP contribution in [0.15, 0.2) is 22.9 Å². The number of aromatic nitrogens is 1. The van der Waals surface area contributed by atoms with E-state index in [4.69, 9.17) is 5.26 Å². The maximum atomic E-state index is 8.55. The van der Waals surface area contributed by atoms with E-state index in [1.807, 2.05) is 23.6 Å². The van der Waals surface area contributed by atoms with Crippen molar-refractivity contribution in [1.29, 1.82) is 5.26 Å². The van der Waals surface area contributed by atoms with Crippen molar-refractivity contribution in [2.75, 3.05) is 0 Å². The summed E-state index contributed by atoms with van der Waals surface area (Å²) >= 11 is 3.15. The van der Waals surface area contributed by atoms with Gasteiger partial charge in [-0.05, 0) is 11.4 Å². The Bertz CT molecular complexity index is 408. The lowest BCUT2D eigenvalue weighted by molar-refractivity contribution is 1.34. The molecule has 0 spiro atoms. The minimum absolute atomic E-state index is 0.503. The van der Waals surface area contributed by atoms with Crippen LogP contribution < -0.4 is 0 Å². The van der Waals surface area contributed by atoms with Gasteiger partial charge in [-0.1, -0.05) is 6.07 Å². The molecule has 2 rings (SSSR count). The van der Waals surface area contributed by atoms with Crippen LogP contribution in [-0.4, -0.2) is 4.98 Å². The summed E-state index contributed by atoms with van der Waals surface area (Å²) in [5.74, 6) is 0. The summed E-state index contributed by atoms with van der Waals surface area (Å²) in [4.78, 5) is 5.27. The summed E-state index contributed by atoms with van der Waals surface area (Å²) in [5.41, 5.74) is 0.503. The quantitative estimate of drug-likeness (QED) is 0.696. The Morgan fingerprint density at radius 3 is 2.92 bits per heavy atom. The van der Waals surface area contributed by atoms with Crippen LogP contribution >= 0.6 is 22.7 Å². The first kappa shape index (κ1) is 7.47. The molecule has 2 aromatic rings. The van der Waals surface area contributed by atoms with E-state index in [0.717, 1.165) is 9.88 Å². The molecular weight excluding hydrogens is 188 g/mol. The highest BCUT2D eigenvalue weighted by molar-refractivity contribution is 7.20. The average molecular weight is 192 g/mol. The SMILES string of the molecule is N#Cc1csc(-c2cccs2)n1. The summed E-state index contributed by atoms with van der Waals surface area (Å²) in [6, 6.07) is 6.00. The molecule has 0 aromatic carbocycles. The summed E-state index contributed by atoms with van der Waals surface area (Å²) in [6.07, 6.45) is 0. The Morgan fingerprint density at radius 1 is 1.42 bits per heavy atom. The lowest BCUT2D eigenvalue weighted by Crippen LogP contribution is -1.71. The number of thiazole rings is 1. The molecule has 0 atom stereocenters. The normalized spacial score (nSPS) is 9.58. The molecule has 4 heteroatoms. The van der Waals surface area contributed by atoms with E-state index in [-0.39, 0.29) is 0 Å². The maximum absolute atomic E-state index is 8.55. The third-order valence-corrected chi connectivity index (χ3v) is 3.23. The first-order valence-corrected chi connectivity index (χ1v) is 5.05. The van der Waals surface area contributed by atoms with Gasteiger partial charge in [0, 0.05) is 5.38 Å². The smallest absolute Gasteiger partial charge is 0.152 e. The van der Waals surface area contributed by atoms with Gasteiger partial charge in [-0.2, -0.15) is 5.26 Å². The van der Waals surface area contributed by atoms with Crippen molar-refractivity contribution in [1.82, 2.24) is 4.98 Å². The molecule has 0 N–H and O–H groups in total. The molecule has 58 valence electrons. The lowest BCUT2D eigenvalue weighted by Gasteiger charge is -1.84. The molecule has 0 unspecified atom stereocenters. The van der Waals surface area contributed by atoms with E-state index < -0.39 is 0 Å². The number of hydrogen-bond donors (Lipinski definition) is 0. The molecule has 2 aromatic heterocycles. The van der Waals surface area contributed by atoms with Crippen molar-refractivity contribution in [3.63, 3.8) is 0 Å². The lowest BCUT2D eigenvalue weighted by atomic mass is 10.5. The largest absolute Gasteiger partial charge is 0.224 e. The van der Waals surface area contributed by atoms with Crippen LogP contribution in [0.3, 0.4) is 0 Å². The molecule has 0 aliphatic carbocycles. The average Bonchev–Trinajstić information content (AvgIpc) is 2.75. The van der Waals surface area contributed by atoms with Gasteiger partial charge in [0.15, 0.2) is 5.69 Å². The second-order valence-electron chi connectivity index (χ2n) is 2.13. The van der Waals surface area contributed by atoms with Gasteiger partial charge in [-0.15, -0.1) is 22.7 Å². The van der Waals surface area contributed by atoms with Crippen molar-refractivity contribution in [2.24, 2.45) is 0 Å². The van der Waals surface area contributed by atoms with E-state index >= 15 is 0 Å². The fourth-order valence-electron chi connectivity index (χ4n) is 0.839. The Balaban J connectivity index is 2.44. The summed E-state index contributed by atoms with van der Waals surface area (Å²) in [6.45, 7) is 0. The van der Waals surface area contributed by atoms with Crippen molar-refractivity contribution in [3.05, 3.63) is 28.6 Å². The molecular formula is C8H4N2S2. The van der Waals surface area contributed by atoms with E-state index in [2.05, 4.69) is 4.98 Å². The van der Waals surface area contributed by atoms with Gasteiger partial charge in [0.2, 0.25) is 0 Å². The number of thiophene rings is 1. The predicted octanol–water partition coefficient (Wildman–Crippen LogP) is 2.74. The van der Waals surface area contributed by atoms with Crippen molar-refractivity contribution >= 4 is 22.7 Å². The van der Waals surface area contributed by atoms with Crippen molar-refractivity contribution < 1.29 is 0 Å². The number of hydrogen-bond acceptors (Lipinski definition) is 4. The minimum atomic E-state index is 0.503. The Morgan fingerprint density at radius 2 is 2.33 bits per heavy atom. The van der Waals surface area contributed by atoms with Crippen LogP contribution in [0, 0.1) is 11.3 Å². The summed E-state index contributed by atoms with van der Waals surface area (Å²) < 4.78 is 0. The highest BCUT2D eigenvalue weighted by atomic mass is 32.1. The molecule has 12 heavy (non-hydrogen) atoms. The third kappa shape index (κ3) is 1.24. The van der Waals surface area contributed by atoms with Gasteiger partial charge in [-0.3, -0.25) is 0 Å². The Kier molecular flexibility index (Phi) is 1.90. The fourth-order valence-corrected chi connectivity index (χ4v) is 2.40. The topological polar surface area (TPSA) is 36.7 Å². The molecule has 0 saturated heterocycles. The molecule has 0 fully saturated rings. The zero-order valence-electron chi connectivity index (χ0n) is 6.02. The van der Waals surface area contributed by atoms with Crippen LogP contribution in [0.2, 0.25) is 0 Å². The van der Waals surface area contributed by atoms with Gasteiger partial charge >= 0.3 is 0 Å².